The second kappa shape index (κ2) is 14.6. The number of benzene rings is 11. The highest BCUT2D eigenvalue weighted by molar-refractivity contribution is 7.00. The number of aromatic nitrogens is 4. The Morgan fingerprint density at radius 2 is 0.680 bits per heavy atom. The number of hydrogen-bond acceptors (Lipinski definition) is 2. The summed E-state index contributed by atoms with van der Waals surface area (Å²) in [5.74, 6) is 0. The van der Waals surface area contributed by atoms with Crippen LogP contribution in [0.25, 0.3) is 132 Å². The summed E-state index contributed by atoms with van der Waals surface area (Å²) in [7, 11) is 0. The minimum Gasteiger partial charge on any atom is -0.309 e. The van der Waals surface area contributed by atoms with Crippen molar-refractivity contribution >= 4 is 110 Å². The topological polar surface area (TPSA) is 67.3 Å². The SMILES string of the molecule is N#Cc1c(-n2c3ccccc3c3cc4c(cc32)c2ccccc2n4-c2cc(-c3ccccc3)cc(-c3ccccc3)c2)c(C#N)c2c3c1-n1c4ccccc4c4cccc(c41)B3c1cccc3c4ccccc4n-2c13. The van der Waals surface area contributed by atoms with Gasteiger partial charge in [0.1, 0.15) is 23.3 Å². The van der Waals surface area contributed by atoms with Gasteiger partial charge in [-0.2, -0.15) is 10.5 Å². The fraction of sp³-hybridized carbons (Fsp3) is 0. The Bertz CT molecular complexity index is 4930. The number of hydrogen-bond donors (Lipinski definition) is 0. The predicted octanol–water partition coefficient (Wildman–Crippen LogP) is 14.3. The standard InChI is InChI=1S/C68H37BN6/c70-38-53-64(54(39-71)68-63-67(53)74-59-31-13-7-21-45(59)49-25-15-27-55(65(49)74)69(63)56-28-16-26-50-46-22-8-14-32-60(46)75(68)66(50)56)73-58-30-12-10-24-48(58)52-36-61-51(37-62(52)73)47-23-9-11-29-57(47)72(61)44-34-42(40-17-3-1-4-18-40)33-43(35-44)41-19-5-2-6-20-41/h1-37H. The van der Waals surface area contributed by atoms with Crippen LogP contribution < -0.4 is 16.4 Å². The number of nitriles is 2. The van der Waals surface area contributed by atoms with Crippen molar-refractivity contribution in [1.82, 2.24) is 18.3 Å². The van der Waals surface area contributed by atoms with Crippen molar-refractivity contribution in [2.24, 2.45) is 0 Å². The molecule has 6 heterocycles. The number of nitrogens with zero attached hydrogens (tertiary/aromatic N) is 6. The van der Waals surface area contributed by atoms with Gasteiger partial charge < -0.3 is 18.3 Å². The van der Waals surface area contributed by atoms with E-state index in [-0.39, 0.29) is 6.71 Å². The van der Waals surface area contributed by atoms with Crippen LogP contribution in [0.15, 0.2) is 224 Å². The molecule has 0 fully saturated rings. The molecular formula is C68H37BN6. The molecule has 4 aromatic heterocycles. The van der Waals surface area contributed by atoms with Crippen molar-refractivity contribution in [1.29, 1.82) is 10.5 Å². The zero-order chi connectivity index (χ0) is 49.2. The average Bonchev–Trinajstić information content (AvgIpc) is 4.39. The Balaban J connectivity index is 1.04. The van der Waals surface area contributed by atoms with Crippen molar-refractivity contribution in [3.05, 3.63) is 236 Å². The normalized spacial score (nSPS) is 12.5. The molecule has 0 unspecified atom stereocenters. The summed E-state index contributed by atoms with van der Waals surface area (Å²) in [6.07, 6.45) is 0. The van der Waals surface area contributed by atoms with Gasteiger partial charge in [-0.25, -0.2) is 0 Å². The summed E-state index contributed by atoms with van der Waals surface area (Å²) in [5.41, 5.74) is 20.3. The molecule has 11 aromatic carbocycles. The third-order valence-electron chi connectivity index (χ3n) is 16.6. The molecule has 75 heavy (non-hydrogen) atoms. The lowest BCUT2D eigenvalue weighted by Gasteiger charge is -2.35. The van der Waals surface area contributed by atoms with Crippen LogP contribution in [-0.4, -0.2) is 25.0 Å². The van der Waals surface area contributed by atoms with E-state index in [2.05, 4.69) is 255 Å². The summed E-state index contributed by atoms with van der Waals surface area (Å²) >= 11 is 0. The third kappa shape index (κ3) is 5.11. The fourth-order valence-corrected chi connectivity index (χ4v) is 13.7. The van der Waals surface area contributed by atoms with Crippen molar-refractivity contribution in [3.8, 4) is 57.1 Å². The van der Waals surface area contributed by atoms with Gasteiger partial charge in [-0.15, -0.1) is 0 Å². The van der Waals surface area contributed by atoms with E-state index in [0.29, 0.717) is 16.8 Å². The molecule has 15 aromatic rings. The van der Waals surface area contributed by atoms with Gasteiger partial charge >= 0.3 is 0 Å². The van der Waals surface area contributed by atoms with Crippen LogP contribution >= 0.6 is 0 Å². The van der Waals surface area contributed by atoms with E-state index in [4.69, 9.17) is 0 Å². The van der Waals surface area contributed by atoms with E-state index in [0.717, 1.165) is 132 Å². The molecule has 0 atom stereocenters. The Kier molecular flexibility index (Phi) is 7.86. The summed E-state index contributed by atoms with van der Waals surface area (Å²) in [6, 6.07) is 86.1. The molecule has 342 valence electrons. The van der Waals surface area contributed by atoms with Crippen molar-refractivity contribution in [3.63, 3.8) is 0 Å². The highest BCUT2D eigenvalue weighted by Crippen LogP contribution is 2.47. The van der Waals surface area contributed by atoms with Gasteiger partial charge in [0.25, 0.3) is 6.71 Å². The summed E-state index contributed by atoms with van der Waals surface area (Å²) < 4.78 is 9.36. The molecule has 0 saturated carbocycles. The minimum absolute atomic E-state index is 0.240. The molecule has 2 aliphatic heterocycles. The van der Waals surface area contributed by atoms with E-state index in [1.54, 1.807) is 0 Å². The van der Waals surface area contributed by atoms with Crippen molar-refractivity contribution in [2.45, 2.75) is 0 Å². The highest BCUT2D eigenvalue weighted by Gasteiger charge is 2.44. The van der Waals surface area contributed by atoms with Crippen molar-refractivity contribution in [2.75, 3.05) is 0 Å². The van der Waals surface area contributed by atoms with Gasteiger partial charge in [-0.1, -0.05) is 170 Å². The first-order valence-corrected chi connectivity index (χ1v) is 25.5. The van der Waals surface area contributed by atoms with E-state index < -0.39 is 0 Å². The predicted molar refractivity (Wildman–Crippen MR) is 309 cm³/mol. The maximum atomic E-state index is 12.2. The Hall–Kier alpha value is -10.3. The fourth-order valence-electron chi connectivity index (χ4n) is 13.7. The highest BCUT2D eigenvalue weighted by atomic mass is 15.1. The number of fused-ring (bicyclic) bond motifs is 16. The molecule has 0 radical (unpaired) electrons. The van der Waals surface area contributed by atoms with Crippen molar-refractivity contribution < 1.29 is 0 Å². The van der Waals surface area contributed by atoms with E-state index in [1.165, 1.54) is 10.9 Å². The van der Waals surface area contributed by atoms with Gasteiger partial charge in [0.05, 0.1) is 50.2 Å². The molecule has 0 N–H and O–H groups in total. The molecule has 0 aliphatic carbocycles. The van der Waals surface area contributed by atoms with Gasteiger partial charge in [0.15, 0.2) is 0 Å². The molecule has 6 nitrogen and oxygen atoms in total. The first-order chi connectivity index (χ1) is 37.2. The Morgan fingerprint density at radius 3 is 1.15 bits per heavy atom. The quantitative estimate of drug-likeness (QED) is 0.165. The van der Waals surface area contributed by atoms with Crippen LogP contribution in [0.1, 0.15) is 11.1 Å². The van der Waals surface area contributed by atoms with E-state index in [1.807, 2.05) is 0 Å². The molecule has 0 amide bonds. The van der Waals surface area contributed by atoms with E-state index in [9.17, 15) is 10.5 Å². The van der Waals surface area contributed by atoms with Gasteiger partial charge in [0.2, 0.25) is 0 Å². The number of rotatable bonds is 4. The summed E-state index contributed by atoms with van der Waals surface area (Å²) in [6.45, 7) is -0.240. The second-order valence-electron chi connectivity index (χ2n) is 20.2. The van der Waals surface area contributed by atoms with Gasteiger partial charge in [-0.05, 0) is 93.2 Å². The monoisotopic (exact) mass is 948 g/mol. The van der Waals surface area contributed by atoms with Crippen LogP contribution in [0.2, 0.25) is 0 Å². The van der Waals surface area contributed by atoms with Gasteiger partial charge in [0, 0.05) is 59.8 Å². The zero-order valence-corrected chi connectivity index (χ0v) is 40.1. The van der Waals surface area contributed by atoms with Crippen LogP contribution in [-0.2, 0) is 0 Å². The smallest absolute Gasteiger partial charge is 0.252 e. The molecule has 17 rings (SSSR count). The summed E-state index contributed by atoms with van der Waals surface area (Å²) in [4.78, 5) is 0. The third-order valence-corrected chi connectivity index (χ3v) is 16.6. The first kappa shape index (κ1) is 40.3. The molecule has 0 spiro atoms. The largest absolute Gasteiger partial charge is 0.309 e. The maximum absolute atomic E-state index is 12.2. The molecular weight excluding hydrogens is 912 g/mol. The zero-order valence-electron chi connectivity index (χ0n) is 40.1. The minimum atomic E-state index is -0.240. The lowest BCUT2D eigenvalue weighted by molar-refractivity contribution is 1.08. The van der Waals surface area contributed by atoms with E-state index >= 15 is 0 Å². The lowest BCUT2D eigenvalue weighted by Crippen LogP contribution is -2.60. The second-order valence-corrected chi connectivity index (χ2v) is 20.2. The first-order valence-electron chi connectivity index (χ1n) is 25.5. The molecule has 2 aliphatic rings. The maximum Gasteiger partial charge on any atom is 0.252 e. The summed E-state index contributed by atoms with van der Waals surface area (Å²) in [5, 5.41) is 33.1. The molecule has 0 bridgehead atoms. The molecule has 7 heteroatoms. The lowest BCUT2D eigenvalue weighted by atomic mass is 9.34. The van der Waals surface area contributed by atoms with Gasteiger partial charge in [-0.3, -0.25) is 0 Å². The number of para-hydroxylation sites is 6. The average molecular weight is 949 g/mol. The van der Waals surface area contributed by atoms with Crippen LogP contribution in [0, 0.1) is 22.7 Å². The van der Waals surface area contributed by atoms with Crippen LogP contribution in [0.4, 0.5) is 0 Å². The van der Waals surface area contributed by atoms with Crippen LogP contribution in [0.5, 0.6) is 0 Å². The van der Waals surface area contributed by atoms with Crippen LogP contribution in [0.3, 0.4) is 0 Å². The Morgan fingerprint density at radius 1 is 0.293 bits per heavy atom. The molecule has 0 saturated heterocycles. The Labute approximate surface area is 429 Å².